The van der Waals surface area contributed by atoms with Crippen molar-refractivity contribution in [2.45, 2.75) is 46.2 Å². The molecule has 8 nitrogen and oxygen atoms in total. The summed E-state index contributed by atoms with van der Waals surface area (Å²) in [6.07, 6.45) is 5.40. The Hall–Kier alpha value is -2.77. The summed E-state index contributed by atoms with van der Waals surface area (Å²) in [5.41, 5.74) is 2.01. The third-order valence-corrected chi connectivity index (χ3v) is 4.16. The Morgan fingerprint density at radius 3 is 2.79 bits per heavy atom. The molecule has 0 spiro atoms. The zero-order chi connectivity index (χ0) is 16.7. The van der Waals surface area contributed by atoms with Gasteiger partial charge in [0.2, 0.25) is 0 Å². The minimum atomic E-state index is 0.267. The van der Waals surface area contributed by atoms with Gasteiger partial charge in [-0.2, -0.15) is 10.2 Å². The molecule has 3 aromatic heterocycles. The number of fused-ring (bicyclic) bond motifs is 1. The highest BCUT2D eigenvalue weighted by molar-refractivity contribution is 5.37. The van der Waals surface area contributed by atoms with Crippen molar-refractivity contribution in [1.29, 1.82) is 0 Å². The summed E-state index contributed by atoms with van der Waals surface area (Å²) in [6, 6.07) is 2.29. The van der Waals surface area contributed by atoms with E-state index in [9.17, 15) is 0 Å². The van der Waals surface area contributed by atoms with Crippen molar-refractivity contribution >= 4 is 5.82 Å². The molecule has 0 radical (unpaired) electrons. The number of aromatic nitrogens is 7. The molecule has 1 aliphatic rings. The summed E-state index contributed by atoms with van der Waals surface area (Å²) in [5, 5.41) is 12.4. The lowest BCUT2D eigenvalue weighted by molar-refractivity contribution is 0.440. The predicted molar refractivity (Wildman–Crippen MR) is 89.1 cm³/mol. The number of nitrogens with one attached hydrogen (secondary N) is 1. The smallest absolute Gasteiger partial charge is 0.174 e. The Morgan fingerprint density at radius 1 is 1.12 bits per heavy atom. The lowest BCUT2D eigenvalue weighted by Crippen LogP contribution is -2.32. The van der Waals surface area contributed by atoms with Gasteiger partial charge in [-0.1, -0.05) is 0 Å². The van der Waals surface area contributed by atoms with Crippen molar-refractivity contribution in [2.75, 3.05) is 5.32 Å². The molecule has 1 aliphatic heterocycles. The molecule has 4 rings (SSSR count). The number of hydrogen-bond donors (Lipinski definition) is 1. The minimum absolute atomic E-state index is 0.267. The maximum absolute atomic E-state index is 4.65. The summed E-state index contributed by atoms with van der Waals surface area (Å²) in [4.78, 5) is 13.4. The summed E-state index contributed by atoms with van der Waals surface area (Å²) in [6.45, 7) is 6.70. The van der Waals surface area contributed by atoms with Crippen LogP contribution < -0.4 is 5.32 Å². The molecule has 0 saturated heterocycles. The number of anilines is 1. The van der Waals surface area contributed by atoms with Crippen molar-refractivity contribution in [2.24, 2.45) is 0 Å². The third kappa shape index (κ3) is 2.75. The second-order valence-corrected chi connectivity index (χ2v) is 6.24. The first-order valence-electron chi connectivity index (χ1n) is 8.11. The highest BCUT2D eigenvalue weighted by Crippen LogP contribution is 2.17. The summed E-state index contributed by atoms with van der Waals surface area (Å²) >= 11 is 0. The van der Waals surface area contributed by atoms with Gasteiger partial charge in [-0.3, -0.25) is 4.98 Å². The SMILES string of the molecule is Cc1cc(C)n(-c2cncc(NC3CCc4nc(C)nn4C3)n2)n1. The van der Waals surface area contributed by atoms with Gasteiger partial charge in [0, 0.05) is 18.2 Å². The Kier molecular flexibility index (Phi) is 3.51. The van der Waals surface area contributed by atoms with E-state index in [1.54, 1.807) is 12.4 Å². The maximum Gasteiger partial charge on any atom is 0.174 e. The summed E-state index contributed by atoms with van der Waals surface area (Å²) in [5.74, 6) is 3.37. The average Bonchev–Trinajstić information content (AvgIpc) is 3.08. The van der Waals surface area contributed by atoms with E-state index >= 15 is 0 Å². The molecule has 1 N–H and O–H groups in total. The van der Waals surface area contributed by atoms with Gasteiger partial charge in [0.25, 0.3) is 0 Å². The van der Waals surface area contributed by atoms with Crippen LogP contribution in [0.5, 0.6) is 0 Å². The summed E-state index contributed by atoms with van der Waals surface area (Å²) < 4.78 is 3.79. The quantitative estimate of drug-likeness (QED) is 0.787. The van der Waals surface area contributed by atoms with Gasteiger partial charge < -0.3 is 5.32 Å². The first kappa shape index (κ1) is 14.8. The molecule has 0 fully saturated rings. The second kappa shape index (κ2) is 5.70. The third-order valence-electron chi connectivity index (χ3n) is 4.16. The van der Waals surface area contributed by atoms with Crippen LogP contribution in [0.1, 0.15) is 29.5 Å². The van der Waals surface area contributed by atoms with E-state index in [0.717, 1.165) is 54.1 Å². The fraction of sp³-hybridized carbons (Fsp3) is 0.438. The first-order chi connectivity index (χ1) is 11.6. The standard InChI is InChI=1S/C16H20N8/c1-10-6-11(2)24(21-10)16-8-17-7-14(20-16)19-13-4-5-15-18-12(3)22-23(15)9-13/h6-8,13H,4-5,9H2,1-3H3,(H,19,20). The van der Waals surface area contributed by atoms with Gasteiger partial charge in [0.05, 0.1) is 24.6 Å². The van der Waals surface area contributed by atoms with Gasteiger partial charge in [0.15, 0.2) is 5.82 Å². The Morgan fingerprint density at radius 2 is 2.00 bits per heavy atom. The van der Waals surface area contributed by atoms with E-state index in [-0.39, 0.29) is 6.04 Å². The molecule has 0 aliphatic carbocycles. The van der Waals surface area contributed by atoms with Gasteiger partial charge in [0.1, 0.15) is 17.5 Å². The van der Waals surface area contributed by atoms with Gasteiger partial charge in [-0.05, 0) is 33.3 Å². The van der Waals surface area contributed by atoms with Crippen LogP contribution in [0.4, 0.5) is 5.82 Å². The first-order valence-corrected chi connectivity index (χ1v) is 8.11. The van der Waals surface area contributed by atoms with E-state index in [1.807, 2.05) is 36.2 Å². The number of rotatable bonds is 3. The maximum atomic E-state index is 4.65. The van der Waals surface area contributed by atoms with Crippen molar-refractivity contribution in [3.63, 3.8) is 0 Å². The number of hydrogen-bond acceptors (Lipinski definition) is 6. The molecule has 0 aromatic carbocycles. The number of aryl methyl sites for hydroxylation is 4. The lowest BCUT2D eigenvalue weighted by Gasteiger charge is -2.24. The topological polar surface area (TPSA) is 86.3 Å². The van der Waals surface area contributed by atoms with Crippen LogP contribution in [-0.2, 0) is 13.0 Å². The molecule has 0 bridgehead atoms. The van der Waals surface area contributed by atoms with Gasteiger partial charge in [-0.25, -0.2) is 19.3 Å². The van der Waals surface area contributed by atoms with Crippen LogP contribution in [0.25, 0.3) is 5.82 Å². The molecular formula is C16H20N8. The van der Waals surface area contributed by atoms with Crippen LogP contribution >= 0.6 is 0 Å². The highest BCUT2D eigenvalue weighted by Gasteiger charge is 2.21. The normalized spacial score (nSPS) is 16.9. The summed E-state index contributed by atoms with van der Waals surface area (Å²) in [7, 11) is 0. The molecule has 1 atom stereocenters. The molecular weight excluding hydrogens is 304 g/mol. The average molecular weight is 324 g/mol. The van der Waals surface area contributed by atoms with Crippen LogP contribution in [0, 0.1) is 20.8 Å². The van der Waals surface area contributed by atoms with Crippen molar-refractivity contribution in [3.8, 4) is 5.82 Å². The Labute approximate surface area is 140 Å². The molecule has 0 saturated carbocycles. The molecule has 3 aromatic rings. The monoisotopic (exact) mass is 324 g/mol. The zero-order valence-corrected chi connectivity index (χ0v) is 14.1. The molecule has 24 heavy (non-hydrogen) atoms. The van der Waals surface area contributed by atoms with E-state index in [4.69, 9.17) is 0 Å². The van der Waals surface area contributed by atoms with Crippen LogP contribution in [0.2, 0.25) is 0 Å². The largest absolute Gasteiger partial charge is 0.364 e. The molecule has 8 heteroatoms. The Bertz CT molecular complexity index is 878. The lowest BCUT2D eigenvalue weighted by atomic mass is 10.1. The zero-order valence-electron chi connectivity index (χ0n) is 14.1. The van der Waals surface area contributed by atoms with Gasteiger partial charge in [-0.15, -0.1) is 0 Å². The van der Waals surface area contributed by atoms with Crippen molar-refractivity contribution in [1.82, 2.24) is 34.5 Å². The predicted octanol–water partition coefficient (Wildman–Crippen LogP) is 1.61. The molecule has 124 valence electrons. The van der Waals surface area contributed by atoms with Crippen LogP contribution in [0.3, 0.4) is 0 Å². The van der Waals surface area contributed by atoms with Gasteiger partial charge >= 0.3 is 0 Å². The van der Waals surface area contributed by atoms with Crippen LogP contribution in [0.15, 0.2) is 18.5 Å². The van der Waals surface area contributed by atoms with Crippen molar-refractivity contribution < 1.29 is 0 Å². The molecule has 4 heterocycles. The van der Waals surface area contributed by atoms with Crippen molar-refractivity contribution in [3.05, 3.63) is 41.5 Å². The number of nitrogens with zero attached hydrogens (tertiary/aromatic N) is 7. The van der Waals surface area contributed by atoms with Crippen LogP contribution in [-0.4, -0.2) is 40.6 Å². The fourth-order valence-corrected chi connectivity index (χ4v) is 3.15. The molecule has 0 amide bonds. The van der Waals surface area contributed by atoms with E-state index in [2.05, 4.69) is 30.5 Å². The highest BCUT2D eigenvalue weighted by atomic mass is 15.4. The second-order valence-electron chi connectivity index (χ2n) is 6.24. The van der Waals surface area contributed by atoms with E-state index in [1.165, 1.54) is 0 Å². The van der Waals surface area contributed by atoms with E-state index in [0.29, 0.717) is 0 Å². The van der Waals surface area contributed by atoms with E-state index < -0.39 is 0 Å². The Balaban J connectivity index is 1.54. The minimum Gasteiger partial charge on any atom is -0.364 e. The molecule has 1 unspecified atom stereocenters. The fourth-order valence-electron chi connectivity index (χ4n) is 3.15.